The van der Waals surface area contributed by atoms with E-state index in [0.717, 1.165) is 24.5 Å². The molecule has 0 amide bonds. The Kier molecular flexibility index (Phi) is 4.31. The van der Waals surface area contributed by atoms with Gasteiger partial charge in [-0.25, -0.2) is 4.98 Å². The van der Waals surface area contributed by atoms with Crippen molar-refractivity contribution in [2.24, 2.45) is 11.7 Å². The number of nitrogens with zero attached hydrogens (tertiary/aromatic N) is 2. The van der Waals surface area contributed by atoms with Crippen LogP contribution in [0.1, 0.15) is 44.7 Å². The number of ether oxygens (including phenoxy) is 1. The Morgan fingerprint density at radius 3 is 2.88 bits per heavy atom. The van der Waals surface area contributed by atoms with Gasteiger partial charge in [0, 0.05) is 6.54 Å². The molecule has 1 saturated carbocycles. The van der Waals surface area contributed by atoms with Crippen LogP contribution in [-0.2, 0) is 6.54 Å². The highest BCUT2D eigenvalue weighted by Crippen LogP contribution is 2.28. The lowest BCUT2D eigenvalue weighted by Crippen LogP contribution is -2.25. The molecule has 2 rings (SSSR count). The number of hydrogen-bond acceptors (Lipinski definition) is 4. The average Bonchev–Trinajstić information content (AvgIpc) is 2.40. The number of hydrogen-bond donors (Lipinski definition) is 1. The quantitative estimate of drug-likeness (QED) is 0.869. The minimum absolute atomic E-state index is 0.312. The van der Waals surface area contributed by atoms with Crippen molar-refractivity contribution in [2.75, 3.05) is 0 Å². The molecule has 17 heavy (non-hydrogen) atoms. The maximum absolute atomic E-state index is 5.87. The molecular formula is C13H21N3O. The molecule has 1 fully saturated rings. The van der Waals surface area contributed by atoms with E-state index in [1.165, 1.54) is 19.3 Å². The van der Waals surface area contributed by atoms with Crippen molar-refractivity contribution in [3.63, 3.8) is 0 Å². The van der Waals surface area contributed by atoms with Gasteiger partial charge in [0.25, 0.3) is 0 Å². The minimum atomic E-state index is 0.312. The Morgan fingerprint density at radius 1 is 1.35 bits per heavy atom. The van der Waals surface area contributed by atoms with Crippen LogP contribution in [0.3, 0.4) is 0 Å². The van der Waals surface area contributed by atoms with Crippen molar-refractivity contribution in [1.82, 2.24) is 9.97 Å². The number of rotatable bonds is 4. The topological polar surface area (TPSA) is 61.0 Å². The van der Waals surface area contributed by atoms with Crippen LogP contribution in [0, 0.1) is 5.92 Å². The van der Waals surface area contributed by atoms with Gasteiger partial charge in [-0.15, -0.1) is 0 Å². The summed E-state index contributed by atoms with van der Waals surface area (Å²) in [6.07, 6.45) is 9.82. The van der Waals surface area contributed by atoms with Crippen molar-refractivity contribution in [2.45, 2.75) is 51.7 Å². The van der Waals surface area contributed by atoms with E-state index in [-0.39, 0.29) is 0 Å². The SMILES string of the molecule is CCC1CCCC(Oc2cnc(CN)cn2)C1. The molecule has 4 nitrogen and oxygen atoms in total. The second-order valence-electron chi connectivity index (χ2n) is 4.73. The lowest BCUT2D eigenvalue weighted by atomic mass is 9.85. The third-order valence-corrected chi connectivity index (χ3v) is 3.49. The first-order chi connectivity index (χ1) is 8.31. The Labute approximate surface area is 103 Å². The third kappa shape index (κ3) is 3.40. The molecular weight excluding hydrogens is 214 g/mol. The maximum atomic E-state index is 5.87. The van der Waals surface area contributed by atoms with Crippen molar-refractivity contribution >= 4 is 0 Å². The molecule has 1 aliphatic carbocycles. The van der Waals surface area contributed by atoms with E-state index in [2.05, 4.69) is 16.9 Å². The van der Waals surface area contributed by atoms with Crippen LogP contribution in [0.15, 0.2) is 12.4 Å². The van der Waals surface area contributed by atoms with Gasteiger partial charge in [0.15, 0.2) is 0 Å². The van der Waals surface area contributed by atoms with Gasteiger partial charge in [0.1, 0.15) is 6.10 Å². The molecule has 0 radical (unpaired) electrons. The first-order valence-electron chi connectivity index (χ1n) is 6.49. The second kappa shape index (κ2) is 5.96. The van der Waals surface area contributed by atoms with E-state index in [1.54, 1.807) is 12.4 Å². The molecule has 1 aliphatic rings. The highest BCUT2D eigenvalue weighted by Gasteiger charge is 2.22. The minimum Gasteiger partial charge on any atom is -0.473 e. The van der Waals surface area contributed by atoms with Crippen molar-refractivity contribution in [3.05, 3.63) is 18.1 Å². The highest BCUT2D eigenvalue weighted by atomic mass is 16.5. The lowest BCUT2D eigenvalue weighted by molar-refractivity contribution is 0.116. The maximum Gasteiger partial charge on any atom is 0.232 e. The summed E-state index contributed by atoms with van der Waals surface area (Å²) < 4.78 is 5.87. The van der Waals surface area contributed by atoms with Gasteiger partial charge in [0.05, 0.1) is 18.1 Å². The molecule has 0 bridgehead atoms. The van der Waals surface area contributed by atoms with Gasteiger partial charge < -0.3 is 10.5 Å². The van der Waals surface area contributed by atoms with Crippen LogP contribution in [-0.4, -0.2) is 16.1 Å². The van der Waals surface area contributed by atoms with Gasteiger partial charge in [-0.2, -0.15) is 0 Å². The standard InChI is InChI=1S/C13H21N3O/c1-2-10-4-3-5-12(6-10)17-13-9-15-11(7-14)8-16-13/h8-10,12H,2-7,14H2,1H3. The highest BCUT2D eigenvalue weighted by molar-refractivity contribution is 5.07. The zero-order valence-electron chi connectivity index (χ0n) is 10.4. The van der Waals surface area contributed by atoms with E-state index in [4.69, 9.17) is 10.5 Å². The van der Waals surface area contributed by atoms with E-state index < -0.39 is 0 Å². The predicted octanol–water partition coefficient (Wildman–Crippen LogP) is 2.28. The van der Waals surface area contributed by atoms with Crippen LogP contribution in [0.5, 0.6) is 5.88 Å². The molecule has 0 spiro atoms. The lowest BCUT2D eigenvalue weighted by Gasteiger charge is -2.28. The number of nitrogens with two attached hydrogens (primary N) is 1. The molecule has 1 aromatic rings. The van der Waals surface area contributed by atoms with E-state index in [9.17, 15) is 0 Å². The number of aromatic nitrogens is 2. The van der Waals surface area contributed by atoms with E-state index >= 15 is 0 Å². The fourth-order valence-electron chi connectivity index (χ4n) is 2.40. The summed E-state index contributed by atoms with van der Waals surface area (Å²) in [6, 6.07) is 0. The van der Waals surface area contributed by atoms with Crippen LogP contribution in [0.2, 0.25) is 0 Å². The summed E-state index contributed by atoms with van der Waals surface area (Å²) in [6.45, 7) is 2.68. The van der Waals surface area contributed by atoms with Crippen molar-refractivity contribution in [1.29, 1.82) is 0 Å². The van der Waals surface area contributed by atoms with Crippen molar-refractivity contribution < 1.29 is 4.74 Å². The first-order valence-corrected chi connectivity index (χ1v) is 6.49. The van der Waals surface area contributed by atoms with Gasteiger partial charge in [-0.1, -0.05) is 19.8 Å². The molecule has 1 aromatic heterocycles. The normalized spacial score (nSPS) is 24.6. The Bertz CT molecular complexity index is 339. The van der Waals surface area contributed by atoms with Crippen LogP contribution in [0.4, 0.5) is 0 Å². The predicted molar refractivity (Wildman–Crippen MR) is 66.6 cm³/mol. The molecule has 2 atom stereocenters. The summed E-state index contributed by atoms with van der Waals surface area (Å²) in [5, 5.41) is 0. The van der Waals surface area contributed by atoms with E-state index in [1.807, 2.05) is 0 Å². The van der Waals surface area contributed by atoms with Crippen molar-refractivity contribution in [3.8, 4) is 5.88 Å². The van der Waals surface area contributed by atoms with Crippen LogP contribution >= 0.6 is 0 Å². The summed E-state index contributed by atoms with van der Waals surface area (Å²) in [5.74, 6) is 1.44. The van der Waals surface area contributed by atoms with Gasteiger partial charge in [-0.05, 0) is 25.2 Å². The Balaban J connectivity index is 1.90. The zero-order valence-corrected chi connectivity index (χ0v) is 10.4. The summed E-state index contributed by atoms with van der Waals surface area (Å²) >= 11 is 0. The molecule has 94 valence electrons. The van der Waals surface area contributed by atoms with Crippen LogP contribution in [0.25, 0.3) is 0 Å². The average molecular weight is 235 g/mol. The molecule has 2 unspecified atom stereocenters. The smallest absolute Gasteiger partial charge is 0.232 e. The molecule has 2 N–H and O–H groups in total. The monoisotopic (exact) mass is 235 g/mol. The molecule has 1 heterocycles. The van der Waals surface area contributed by atoms with E-state index in [0.29, 0.717) is 18.5 Å². The molecule has 4 heteroatoms. The zero-order chi connectivity index (χ0) is 12.1. The Hall–Kier alpha value is -1.16. The summed E-state index contributed by atoms with van der Waals surface area (Å²) in [5.41, 5.74) is 6.28. The largest absolute Gasteiger partial charge is 0.473 e. The third-order valence-electron chi connectivity index (χ3n) is 3.49. The Morgan fingerprint density at radius 2 is 2.24 bits per heavy atom. The summed E-state index contributed by atoms with van der Waals surface area (Å²) in [4.78, 5) is 8.42. The fourth-order valence-corrected chi connectivity index (χ4v) is 2.40. The second-order valence-corrected chi connectivity index (χ2v) is 4.73. The van der Waals surface area contributed by atoms with Crippen LogP contribution < -0.4 is 10.5 Å². The first kappa shape index (κ1) is 12.3. The van der Waals surface area contributed by atoms with Gasteiger partial charge in [0.2, 0.25) is 5.88 Å². The fraction of sp³-hybridized carbons (Fsp3) is 0.692. The molecule has 0 aliphatic heterocycles. The summed E-state index contributed by atoms with van der Waals surface area (Å²) in [7, 11) is 0. The molecule has 0 aromatic carbocycles. The van der Waals surface area contributed by atoms with Gasteiger partial charge >= 0.3 is 0 Å². The molecule has 0 saturated heterocycles. The van der Waals surface area contributed by atoms with Gasteiger partial charge in [-0.3, -0.25) is 4.98 Å².